The van der Waals surface area contributed by atoms with Gasteiger partial charge in [-0.05, 0) is 24.5 Å². The topological polar surface area (TPSA) is 118 Å². The van der Waals surface area contributed by atoms with Gasteiger partial charge < -0.3 is 9.47 Å². The largest absolute Gasteiger partial charge is 0.381 e. The fraction of sp³-hybridized carbons (Fsp3) is 0.667. The van der Waals surface area contributed by atoms with Crippen LogP contribution in [0.3, 0.4) is 0 Å². The molecule has 0 bridgehead atoms. The molecule has 3 heterocycles. The van der Waals surface area contributed by atoms with Crippen LogP contribution in [0.25, 0.3) is 0 Å². The summed E-state index contributed by atoms with van der Waals surface area (Å²) in [6, 6.07) is 3.93. The van der Waals surface area contributed by atoms with Gasteiger partial charge in [0.2, 0.25) is 10.0 Å². The molecular weight excluding hydrogens is 386 g/mol. The Bertz CT molecular complexity index is 769. The summed E-state index contributed by atoms with van der Waals surface area (Å²) in [5.41, 5.74) is 3.47. The number of sulfonamides is 1. The summed E-state index contributed by atoms with van der Waals surface area (Å²) in [5.74, 6) is -0.714. The van der Waals surface area contributed by atoms with E-state index in [0.29, 0.717) is 32.5 Å². The van der Waals surface area contributed by atoms with Gasteiger partial charge in [0.05, 0.1) is 6.61 Å². The van der Waals surface area contributed by atoms with E-state index in [4.69, 9.17) is 14.7 Å². The van der Waals surface area contributed by atoms with Gasteiger partial charge >= 0.3 is 0 Å². The lowest BCUT2D eigenvalue weighted by Crippen LogP contribution is -2.60. The molecule has 0 spiro atoms. The van der Waals surface area contributed by atoms with Crippen LogP contribution in [0.4, 0.5) is 0 Å². The molecule has 0 unspecified atom stereocenters. The van der Waals surface area contributed by atoms with Crippen LogP contribution in [0.5, 0.6) is 0 Å². The average Bonchev–Trinajstić information content (AvgIpc) is 2.74. The zero-order valence-electron chi connectivity index (χ0n) is 16.0. The number of aromatic nitrogens is 1. The Morgan fingerprint density at radius 3 is 2.57 bits per heavy atom. The van der Waals surface area contributed by atoms with Crippen LogP contribution in [0.1, 0.15) is 42.9 Å². The summed E-state index contributed by atoms with van der Waals surface area (Å²) in [7, 11) is -2.30. The number of carbonyl (C=O) groups excluding carboxylic acids is 1. The molecule has 0 saturated carbocycles. The van der Waals surface area contributed by atoms with Crippen molar-refractivity contribution < 1.29 is 27.9 Å². The number of ether oxygens (including phenoxy) is 2. The van der Waals surface area contributed by atoms with Crippen LogP contribution in [-0.2, 0) is 30.9 Å². The summed E-state index contributed by atoms with van der Waals surface area (Å²) in [6.07, 6.45) is 3.10. The highest BCUT2D eigenvalue weighted by Gasteiger charge is 2.54. The molecule has 2 aliphatic heterocycles. The Hall–Kier alpha value is -1.59. The molecule has 0 atom stereocenters. The van der Waals surface area contributed by atoms with Gasteiger partial charge in [-0.25, -0.2) is 18.2 Å². The van der Waals surface area contributed by atoms with Gasteiger partial charge in [0.15, 0.2) is 4.75 Å². The molecule has 2 N–H and O–H groups in total. The molecule has 1 amide bonds. The molecule has 1 aromatic rings. The van der Waals surface area contributed by atoms with Crippen molar-refractivity contribution in [3.8, 4) is 0 Å². The summed E-state index contributed by atoms with van der Waals surface area (Å²) in [5, 5.41) is 9.12. The first kappa shape index (κ1) is 21.1. The Labute approximate surface area is 165 Å². The van der Waals surface area contributed by atoms with Gasteiger partial charge in [-0.3, -0.25) is 15.0 Å². The van der Waals surface area contributed by atoms with E-state index in [-0.39, 0.29) is 32.0 Å². The van der Waals surface area contributed by atoms with Crippen molar-refractivity contribution in [1.82, 2.24) is 14.8 Å². The third-order valence-corrected chi connectivity index (χ3v) is 8.31. The number of carbonyl (C=O) groups is 1. The zero-order valence-corrected chi connectivity index (χ0v) is 16.8. The molecule has 28 heavy (non-hydrogen) atoms. The van der Waals surface area contributed by atoms with Crippen molar-refractivity contribution >= 4 is 15.9 Å². The lowest BCUT2D eigenvalue weighted by Gasteiger charge is -2.40. The Morgan fingerprint density at radius 1 is 1.36 bits per heavy atom. The van der Waals surface area contributed by atoms with Crippen molar-refractivity contribution in [2.24, 2.45) is 0 Å². The standard InChI is InChI=1S/C18H27N3O6S/c1-26-13-14-2-3-16(19-12-14)15-4-8-21(9-5-15)28(24,25)18(17(22)20-23)6-10-27-11-7-18/h2-3,12,15,23H,4-11,13H2,1H3,(H,20,22). The highest BCUT2D eigenvalue weighted by atomic mass is 32.2. The quantitative estimate of drug-likeness (QED) is 0.523. The SMILES string of the molecule is COCc1ccc(C2CCN(S(=O)(=O)C3(C(=O)NO)CCOCC3)CC2)nc1. The first-order chi connectivity index (χ1) is 13.4. The molecule has 9 nitrogen and oxygen atoms in total. The van der Waals surface area contributed by atoms with Crippen LogP contribution in [0.2, 0.25) is 0 Å². The molecule has 2 fully saturated rings. The normalized spacial score (nSPS) is 21.4. The van der Waals surface area contributed by atoms with Crippen molar-refractivity contribution in [3.05, 3.63) is 29.6 Å². The number of hydroxylamine groups is 1. The Morgan fingerprint density at radius 2 is 2.04 bits per heavy atom. The average molecular weight is 413 g/mol. The van der Waals surface area contributed by atoms with Gasteiger partial charge in [0.25, 0.3) is 5.91 Å². The minimum atomic E-state index is -3.93. The van der Waals surface area contributed by atoms with E-state index in [1.807, 2.05) is 12.1 Å². The molecule has 0 radical (unpaired) electrons. The van der Waals surface area contributed by atoms with E-state index in [0.717, 1.165) is 11.3 Å². The van der Waals surface area contributed by atoms with Crippen LogP contribution in [-0.4, -0.2) is 67.0 Å². The maximum atomic E-state index is 13.3. The molecule has 0 aliphatic carbocycles. The van der Waals surface area contributed by atoms with Crippen molar-refractivity contribution in [1.29, 1.82) is 0 Å². The van der Waals surface area contributed by atoms with Gasteiger partial charge in [0.1, 0.15) is 0 Å². The van der Waals surface area contributed by atoms with Crippen LogP contribution < -0.4 is 5.48 Å². The fourth-order valence-electron chi connectivity index (χ4n) is 3.97. The minimum absolute atomic E-state index is 0.0319. The van der Waals surface area contributed by atoms with Gasteiger partial charge in [0, 0.05) is 64.1 Å². The van der Waals surface area contributed by atoms with E-state index in [9.17, 15) is 13.2 Å². The first-order valence-corrected chi connectivity index (χ1v) is 10.8. The molecule has 1 aromatic heterocycles. The minimum Gasteiger partial charge on any atom is -0.381 e. The number of amides is 1. The highest BCUT2D eigenvalue weighted by molar-refractivity contribution is 7.91. The predicted molar refractivity (Wildman–Crippen MR) is 100 cm³/mol. The lowest BCUT2D eigenvalue weighted by atomic mass is 9.94. The van der Waals surface area contributed by atoms with E-state index < -0.39 is 20.7 Å². The number of hydrogen-bond donors (Lipinski definition) is 2. The van der Waals surface area contributed by atoms with E-state index in [2.05, 4.69) is 4.98 Å². The molecule has 0 aromatic carbocycles. The summed E-state index contributed by atoms with van der Waals surface area (Å²) in [4.78, 5) is 16.8. The predicted octanol–water partition coefficient (Wildman–Crippen LogP) is 0.792. The van der Waals surface area contributed by atoms with E-state index in [1.165, 1.54) is 4.31 Å². The summed E-state index contributed by atoms with van der Waals surface area (Å²) < 4.78 is 36.6. The molecular formula is C18H27N3O6S. The van der Waals surface area contributed by atoms with E-state index in [1.54, 1.807) is 18.8 Å². The zero-order chi connectivity index (χ0) is 20.2. The van der Waals surface area contributed by atoms with E-state index >= 15 is 0 Å². The number of methoxy groups -OCH3 is 1. The second-order valence-corrected chi connectivity index (χ2v) is 9.50. The number of piperidine rings is 1. The smallest absolute Gasteiger partial charge is 0.266 e. The number of nitrogens with zero attached hydrogens (tertiary/aromatic N) is 2. The summed E-state index contributed by atoms with van der Waals surface area (Å²) in [6.45, 7) is 1.47. The van der Waals surface area contributed by atoms with Gasteiger partial charge in [-0.15, -0.1) is 0 Å². The van der Waals surface area contributed by atoms with Gasteiger partial charge in [-0.2, -0.15) is 0 Å². The Kier molecular flexibility index (Phi) is 6.66. The molecule has 3 rings (SSSR count). The maximum absolute atomic E-state index is 13.3. The maximum Gasteiger partial charge on any atom is 0.266 e. The number of rotatable bonds is 6. The van der Waals surface area contributed by atoms with Crippen LogP contribution in [0, 0.1) is 0 Å². The number of pyridine rings is 1. The van der Waals surface area contributed by atoms with Crippen LogP contribution >= 0.6 is 0 Å². The molecule has 10 heteroatoms. The second kappa shape index (κ2) is 8.83. The third kappa shape index (κ3) is 3.92. The highest BCUT2D eigenvalue weighted by Crippen LogP contribution is 2.36. The fourth-order valence-corrected chi connectivity index (χ4v) is 6.12. The number of hydrogen-bond acceptors (Lipinski definition) is 7. The summed E-state index contributed by atoms with van der Waals surface area (Å²) >= 11 is 0. The number of nitrogens with one attached hydrogen (secondary N) is 1. The van der Waals surface area contributed by atoms with Gasteiger partial charge in [-0.1, -0.05) is 6.07 Å². The van der Waals surface area contributed by atoms with Crippen LogP contribution in [0.15, 0.2) is 18.3 Å². The first-order valence-electron chi connectivity index (χ1n) is 9.40. The van der Waals surface area contributed by atoms with Crippen molar-refractivity contribution in [3.63, 3.8) is 0 Å². The van der Waals surface area contributed by atoms with Crippen molar-refractivity contribution in [2.45, 2.75) is 43.0 Å². The molecule has 156 valence electrons. The molecule has 2 saturated heterocycles. The lowest BCUT2D eigenvalue weighted by molar-refractivity contribution is -0.134. The monoisotopic (exact) mass is 413 g/mol. The second-order valence-electron chi connectivity index (χ2n) is 7.25. The Balaban J connectivity index is 1.71. The van der Waals surface area contributed by atoms with Crippen molar-refractivity contribution in [2.75, 3.05) is 33.4 Å². The third-order valence-electron chi connectivity index (χ3n) is 5.68. The molecule has 2 aliphatic rings.